The third-order valence-corrected chi connectivity index (χ3v) is 4.38. The normalized spacial score (nSPS) is 16.4. The molecule has 1 saturated heterocycles. The largest absolute Gasteiger partial charge is 0.482 e. The van der Waals surface area contributed by atoms with Crippen LogP contribution in [0.25, 0.3) is 0 Å². The second-order valence-corrected chi connectivity index (χ2v) is 6.45. The maximum atomic E-state index is 12.3. The van der Waals surface area contributed by atoms with Crippen LogP contribution in [-0.4, -0.2) is 53.7 Å². The molecule has 26 heavy (non-hydrogen) atoms. The number of amides is 1. The molecule has 1 aliphatic heterocycles. The summed E-state index contributed by atoms with van der Waals surface area (Å²) in [6, 6.07) is 4.85. The summed E-state index contributed by atoms with van der Waals surface area (Å²) >= 11 is 11.9. The van der Waals surface area contributed by atoms with Crippen LogP contribution < -0.4 is 14.2 Å². The molecule has 1 unspecified atom stereocenters. The third kappa shape index (κ3) is 4.47. The molecule has 0 saturated carbocycles. The minimum Gasteiger partial charge on any atom is -0.482 e. The van der Waals surface area contributed by atoms with E-state index >= 15 is 0 Å². The van der Waals surface area contributed by atoms with Gasteiger partial charge in [0.15, 0.2) is 6.61 Å². The van der Waals surface area contributed by atoms with Gasteiger partial charge >= 0.3 is 0 Å². The Kier molecular flexibility index (Phi) is 6.00. The molecule has 2 heterocycles. The molecule has 1 aliphatic rings. The van der Waals surface area contributed by atoms with Crippen molar-refractivity contribution in [1.29, 1.82) is 0 Å². The topological polar surface area (TPSA) is 73.8 Å². The highest BCUT2D eigenvalue weighted by molar-refractivity contribution is 6.35. The molecule has 3 rings (SSSR count). The number of aromatic nitrogens is 2. The minimum absolute atomic E-state index is 0.109. The molecule has 2 aromatic rings. The van der Waals surface area contributed by atoms with Gasteiger partial charge in [-0.15, -0.1) is 0 Å². The summed E-state index contributed by atoms with van der Waals surface area (Å²) in [5.74, 6) is 0.908. The summed E-state index contributed by atoms with van der Waals surface area (Å²) in [6.45, 7) is 0.905. The van der Waals surface area contributed by atoms with Crippen molar-refractivity contribution in [3.05, 3.63) is 40.6 Å². The summed E-state index contributed by atoms with van der Waals surface area (Å²) in [6.07, 6.45) is 3.56. The first kappa shape index (κ1) is 18.5. The van der Waals surface area contributed by atoms with E-state index in [0.717, 1.165) is 0 Å². The standard InChI is InChI=1S/C17H17Cl2N3O4/c1-24-16-17(21-6-5-20-16)26-12-4-7-22(9-12)15(23)10-25-14-3-2-11(18)8-13(14)19/h2-3,5-6,8,12H,4,7,9-10H2,1H3. The lowest BCUT2D eigenvalue weighted by atomic mass is 10.3. The van der Waals surface area contributed by atoms with Crippen molar-refractivity contribution in [3.8, 4) is 17.5 Å². The zero-order valence-electron chi connectivity index (χ0n) is 14.0. The minimum atomic E-state index is -0.177. The Hall–Kier alpha value is -2.25. The molecule has 1 aromatic carbocycles. The maximum absolute atomic E-state index is 12.3. The predicted molar refractivity (Wildman–Crippen MR) is 96.2 cm³/mol. The highest BCUT2D eigenvalue weighted by atomic mass is 35.5. The Labute approximate surface area is 160 Å². The molecule has 0 bridgehead atoms. The molecule has 0 aliphatic carbocycles. The monoisotopic (exact) mass is 397 g/mol. The number of ether oxygens (including phenoxy) is 3. The smallest absolute Gasteiger partial charge is 0.278 e. The van der Waals surface area contributed by atoms with Crippen LogP contribution in [0.1, 0.15) is 6.42 Å². The molecule has 138 valence electrons. The maximum Gasteiger partial charge on any atom is 0.278 e. The van der Waals surface area contributed by atoms with E-state index in [1.54, 1.807) is 23.1 Å². The van der Waals surface area contributed by atoms with Crippen molar-refractivity contribution in [2.24, 2.45) is 0 Å². The Morgan fingerprint density at radius 1 is 1.27 bits per heavy atom. The Balaban J connectivity index is 1.52. The van der Waals surface area contributed by atoms with Gasteiger partial charge < -0.3 is 19.1 Å². The van der Waals surface area contributed by atoms with E-state index in [-0.39, 0.29) is 18.6 Å². The lowest BCUT2D eigenvalue weighted by Gasteiger charge is -2.18. The predicted octanol–water partition coefficient (Wildman–Crippen LogP) is 2.85. The van der Waals surface area contributed by atoms with Crippen LogP contribution in [0.3, 0.4) is 0 Å². The highest BCUT2D eigenvalue weighted by Gasteiger charge is 2.29. The van der Waals surface area contributed by atoms with Gasteiger partial charge in [-0.05, 0) is 18.2 Å². The van der Waals surface area contributed by atoms with Gasteiger partial charge in [0.05, 0.1) is 18.7 Å². The summed E-state index contributed by atoms with van der Waals surface area (Å²) in [5.41, 5.74) is 0. The quantitative estimate of drug-likeness (QED) is 0.745. The molecule has 1 fully saturated rings. The number of rotatable bonds is 6. The SMILES string of the molecule is COc1nccnc1OC1CCN(C(=O)COc2ccc(Cl)cc2Cl)C1. The molecule has 1 amide bonds. The Bertz CT molecular complexity index is 790. The average molecular weight is 398 g/mol. The van der Waals surface area contributed by atoms with Crippen molar-refractivity contribution >= 4 is 29.1 Å². The van der Waals surface area contributed by atoms with Crippen LogP contribution in [0.2, 0.25) is 10.0 Å². The molecule has 9 heteroatoms. The fourth-order valence-corrected chi connectivity index (χ4v) is 3.03. The number of hydrogen-bond donors (Lipinski definition) is 0. The van der Waals surface area contributed by atoms with Crippen molar-refractivity contribution in [1.82, 2.24) is 14.9 Å². The number of methoxy groups -OCH3 is 1. The number of carbonyl (C=O) groups is 1. The lowest BCUT2D eigenvalue weighted by Crippen LogP contribution is -2.34. The summed E-state index contributed by atoms with van der Waals surface area (Å²) < 4.78 is 16.4. The van der Waals surface area contributed by atoms with Gasteiger partial charge in [0.2, 0.25) is 0 Å². The zero-order valence-corrected chi connectivity index (χ0v) is 15.5. The molecular weight excluding hydrogens is 381 g/mol. The fourth-order valence-electron chi connectivity index (χ4n) is 2.57. The van der Waals surface area contributed by atoms with Crippen LogP contribution in [-0.2, 0) is 4.79 Å². The van der Waals surface area contributed by atoms with Gasteiger partial charge in [0.1, 0.15) is 11.9 Å². The molecule has 0 radical (unpaired) electrons. The van der Waals surface area contributed by atoms with E-state index in [2.05, 4.69) is 9.97 Å². The van der Waals surface area contributed by atoms with Crippen molar-refractivity contribution in [3.63, 3.8) is 0 Å². The molecule has 7 nitrogen and oxygen atoms in total. The number of likely N-dealkylation sites (tertiary alicyclic amines) is 1. The number of halogens is 2. The summed E-state index contributed by atoms with van der Waals surface area (Å²) in [7, 11) is 1.50. The molecule has 0 N–H and O–H groups in total. The average Bonchev–Trinajstić information content (AvgIpc) is 3.10. The molecule has 1 atom stereocenters. The highest BCUT2D eigenvalue weighted by Crippen LogP contribution is 2.28. The molecule has 1 aromatic heterocycles. The van der Waals surface area contributed by atoms with Gasteiger partial charge in [-0.3, -0.25) is 4.79 Å². The van der Waals surface area contributed by atoms with Gasteiger partial charge in [0, 0.05) is 30.4 Å². The molecule has 0 spiro atoms. The Morgan fingerprint density at radius 2 is 2.04 bits per heavy atom. The van der Waals surface area contributed by atoms with Crippen LogP contribution in [0.15, 0.2) is 30.6 Å². The number of carbonyl (C=O) groups excluding carboxylic acids is 1. The lowest BCUT2D eigenvalue weighted by molar-refractivity contribution is -0.132. The van der Waals surface area contributed by atoms with Crippen LogP contribution in [0.4, 0.5) is 0 Å². The Morgan fingerprint density at radius 3 is 2.77 bits per heavy atom. The summed E-state index contributed by atoms with van der Waals surface area (Å²) in [5, 5.41) is 0.871. The van der Waals surface area contributed by atoms with Gasteiger partial charge in [-0.25, -0.2) is 9.97 Å². The van der Waals surface area contributed by atoms with Crippen LogP contribution in [0.5, 0.6) is 17.5 Å². The number of nitrogens with zero attached hydrogens (tertiary/aromatic N) is 3. The second kappa shape index (κ2) is 8.42. The van der Waals surface area contributed by atoms with Gasteiger partial charge in [0.25, 0.3) is 17.7 Å². The van der Waals surface area contributed by atoms with Crippen molar-refractivity contribution in [2.75, 3.05) is 26.8 Å². The van der Waals surface area contributed by atoms with Gasteiger partial charge in [-0.1, -0.05) is 23.2 Å². The van der Waals surface area contributed by atoms with E-state index in [1.165, 1.54) is 19.5 Å². The molecular formula is C17H17Cl2N3O4. The van der Waals surface area contributed by atoms with E-state index in [1.807, 2.05) is 0 Å². The summed E-state index contributed by atoms with van der Waals surface area (Å²) in [4.78, 5) is 22.2. The first-order valence-electron chi connectivity index (χ1n) is 7.94. The van der Waals surface area contributed by atoms with E-state index in [4.69, 9.17) is 37.4 Å². The van der Waals surface area contributed by atoms with Gasteiger partial charge in [-0.2, -0.15) is 0 Å². The zero-order chi connectivity index (χ0) is 18.5. The van der Waals surface area contributed by atoms with E-state index in [9.17, 15) is 4.79 Å². The van der Waals surface area contributed by atoms with Crippen molar-refractivity contribution in [2.45, 2.75) is 12.5 Å². The first-order chi connectivity index (χ1) is 12.6. The van der Waals surface area contributed by atoms with Crippen LogP contribution >= 0.6 is 23.2 Å². The number of hydrogen-bond acceptors (Lipinski definition) is 6. The van der Waals surface area contributed by atoms with E-state index < -0.39 is 0 Å². The number of benzene rings is 1. The second-order valence-electron chi connectivity index (χ2n) is 5.60. The fraction of sp³-hybridized carbons (Fsp3) is 0.353. The van der Waals surface area contributed by atoms with Crippen molar-refractivity contribution < 1.29 is 19.0 Å². The van der Waals surface area contributed by atoms with Crippen LogP contribution in [0, 0.1) is 0 Å². The van der Waals surface area contributed by atoms with E-state index in [0.29, 0.717) is 47.1 Å². The first-order valence-corrected chi connectivity index (χ1v) is 8.69. The third-order valence-electron chi connectivity index (χ3n) is 3.85.